The molecular formula is C18H27ClN4O4S. The van der Waals surface area contributed by atoms with Crippen molar-refractivity contribution in [3.8, 4) is 5.88 Å². The van der Waals surface area contributed by atoms with Gasteiger partial charge in [-0.15, -0.1) is 0 Å². The lowest BCUT2D eigenvalue weighted by molar-refractivity contribution is -0.0813. The molecule has 0 amide bonds. The Morgan fingerprint density at radius 3 is 2.54 bits per heavy atom. The summed E-state index contributed by atoms with van der Waals surface area (Å²) >= 11 is 6.20. The van der Waals surface area contributed by atoms with E-state index in [2.05, 4.69) is 9.97 Å². The van der Waals surface area contributed by atoms with Crippen molar-refractivity contribution in [2.45, 2.75) is 63.3 Å². The molecule has 0 N–H and O–H groups in total. The van der Waals surface area contributed by atoms with Crippen molar-refractivity contribution in [1.82, 2.24) is 14.3 Å². The first-order valence-electron chi connectivity index (χ1n) is 9.90. The number of anilines is 1. The molecule has 0 radical (unpaired) electrons. The van der Waals surface area contributed by atoms with Gasteiger partial charge in [0.15, 0.2) is 0 Å². The van der Waals surface area contributed by atoms with Gasteiger partial charge in [0.2, 0.25) is 21.9 Å². The number of rotatable bonds is 6. The van der Waals surface area contributed by atoms with E-state index in [0.29, 0.717) is 30.2 Å². The van der Waals surface area contributed by atoms with E-state index in [-0.39, 0.29) is 30.0 Å². The van der Waals surface area contributed by atoms with Crippen molar-refractivity contribution in [1.29, 1.82) is 0 Å². The SMILES string of the molecule is CCS(=O)(=O)N1[C@@H]2CCC[C@H]1C[C@H](N(C)c1nc(Cl)cc(OC3COC3)n1)C2. The van der Waals surface area contributed by atoms with Gasteiger partial charge >= 0.3 is 0 Å². The molecule has 0 aliphatic carbocycles. The number of halogens is 1. The van der Waals surface area contributed by atoms with Crippen molar-refractivity contribution in [3.63, 3.8) is 0 Å². The highest BCUT2D eigenvalue weighted by atomic mass is 35.5. The zero-order chi connectivity index (χ0) is 19.9. The lowest BCUT2D eigenvalue weighted by atomic mass is 9.83. The van der Waals surface area contributed by atoms with Crippen LogP contribution in [0, 0.1) is 0 Å². The quantitative estimate of drug-likeness (QED) is 0.638. The topological polar surface area (TPSA) is 84.9 Å². The van der Waals surface area contributed by atoms with E-state index in [1.165, 1.54) is 0 Å². The van der Waals surface area contributed by atoms with Crippen LogP contribution in [0.5, 0.6) is 5.88 Å². The molecule has 0 aromatic carbocycles. The molecule has 3 fully saturated rings. The first-order valence-corrected chi connectivity index (χ1v) is 11.9. The molecule has 4 rings (SSSR count). The summed E-state index contributed by atoms with van der Waals surface area (Å²) in [5.41, 5.74) is 0. The Bertz CT molecular complexity index is 806. The van der Waals surface area contributed by atoms with Crippen LogP contribution in [0.25, 0.3) is 0 Å². The van der Waals surface area contributed by atoms with Crippen LogP contribution in [0.2, 0.25) is 5.15 Å². The molecule has 0 unspecified atom stereocenters. The smallest absolute Gasteiger partial charge is 0.230 e. The van der Waals surface area contributed by atoms with E-state index < -0.39 is 10.0 Å². The minimum Gasteiger partial charge on any atom is -0.469 e. The maximum Gasteiger partial charge on any atom is 0.230 e. The van der Waals surface area contributed by atoms with Crippen LogP contribution in [0.15, 0.2) is 6.07 Å². The Morgan fingerprint density at radius 1 is 1.29 bits per heavy atom. The lowest BCUT2D eigenvalue weighted by Gasteiger charge is -2.49. The standard InChI is InChI=1S/C18H27ClN4O4S/c1-3-28(24,25)23-12-5-4-6-13(23)8-14(7-12)22(2)18-20-16(19)9-17(21-18)27-15-10-26-11-15/h9,12-15H,3-8,10-11H2,1-2H3/t12-,13+,14-. The predicted octanol–water partition coefficient (Wildman–Crippen LogP) is 2.08. The summed E-state index contributed by atoms with van der Waals surface area (Å²) in [7, 11) is -1.24. The third kappa shape index (κ3) is 3.94. The number of nitrogens with zero attached hydrogens (tertiary/aromatic N) is 4. The molecular weight excluding hydrogens is 404 g/mol. The van der Waals surface area contributed by atoms with E-state index in [0.717, 1.165) is 32.1 Å². The number of fused-ring (bicyclic) bond motifs is 2. The Kier molecular flexibility index (Phi) is 5.70. The van der Waals surface area contributed by atoms with E-state index in [1.807, 2.05) is 11.9 Å². The highest BCUT2D eigenvalue weighted by molar-refractivity contribution is 7.89. The largest absolute Gasteiger partial charge is 0.469 e. The predicted molar refractivity (Wildman–Crippen MR) is 106 cm³/mol. The number of aromatic nitrogens is 2. The van der Waals surface area contributed by atoms with Gasteiger partial charge in [-0.1, -0.05) is 18.0 Å². The average molecular weight is 431 g/mol. The van der Waals surface area contributed by atoms with Crippen LogP contribution in [0.4, 0.5) is 5.95 Å². The normalized spacial score (nSPS) is 28.6. The molecule has 1 aromatic heterocycles. The number of hydrogen-bond donors (Lipinski definition) is 0. The molecule has 156 valence electrons. The van der Waals surface area contributed by atoms with Gasteiger partial charge in [0.25, 0.3) is 0 Å². The highest BCUT2D eigenvalue weighted by Gasteiger charge is 2.45. The van der Waals surface area contributed by atoms with Crippen LogP contribution in [-0.4, -0.2) is 72.9 Å². The van der Waals surface area contributed by atoms with Crippen LogP contribution in [0.1, 0.15) is 39.0 Å². The summed E-state index contributed by atoms with van der Waals surface area (Å²) in [5, 5.41) is 0.332. The molecule has 4 heterocycles. The molecule has 3 atom stereocenters. The summed E-state index contributed by atoms with van der Waals surface area (Å²) in [5.74, 6) is 1.11. The Morgan fingerprint density at radius 2 is 1.96 bits per heavy atom. The van der Waals surface area contributed by atoms with Gasteiger partial charge in [-0.25, -0.2) is 13.4 Å². The summed E-state index contributed by atoms with van der Waals surface area (Å²) < 4.78 is 37.9. The molecule has 10 heteroatoms. The fraction of sp³-hybridized carbons (Fsp3) is 0.778. The van der Waals surface area contributed by atoms with Gasteiger partial charge in [-0.3, -0.25) is 0 Å². The molecule has 3 aliphatic rings. The van der Waals surface area contributed by atoms with Gasteiger partial charge in [-0.2, -0.15) is 9.29 Å². The second-order valence-corrected chi connectivity index (χ2v) is 10.4. The number of ether oxygens (including phenoxy) is 2. The first-order chi connectivity index (χ1) is 13.4. The molecule has 8 nitrogen and oxygen atoms in total. The van der Waals surface area contributed by atoms with E-state index in [1.54, 1.807) is 17.3 Å². The molecule has 28 heavy (non-hydrogen) atoms. The summed E-state index contributed by atoms with van der Waals surface area (Å²) in [6.45, 7) is 2.83. The van der Waals surface area contributed by atoms with Crippen LogP contribution >= 0.6 is 11.6 Å². The van der Waals surface area contributed by atoms with E-state index in [4.69, 9.17) is 21.1 Å². The molecule has 0 spiro atoms. The number of piperidine rings is 2. The molecule has 1 aromatic rings. The monoisotopic (exact) mass is 430 g/mol. The van der Waals surface area contributed by atoms with E-state index in [9.17, 15) is 8.42 Å². The highest BCUT2D eigenvalue weighted by Crippen LogP contribution is 2.38. The second-order valence-electron chi connectivity index (χ2n) is 7.81. The van der Waals surface area contributed by atoms with Crippen molar-refractivity contribution >= 4 is 27.6 Å². The molecule has 2 bridgehead atoms. The first kappa shape index (κ1) is 20.1. The minimum absolute atomic E-state index is 0.00553. The van der Waals surface area contributed by atoms with E-state index >= 15 is 0 Å². The molecule has 3 saturated heterocycles. The van der Waals surface area contributed by atoms with Crippen molar-refractivity contribution < 1.29 is 17.9 Å². The van der Waals surface area contributed by atoms with Crippen molar-refractivity contribution in [2.75, 3.05) is 30.9 Å². The van der Waals surface area contributed by atoms with Crippen LogP contribution in [0.3, 0.4) is 0 Å². The fourth-order valence-electron chi connectivity index (χ4n) is 4.45. The molecule has 3 aliphatic heterocycles. The summed E-state index contributed by atoms with van der Waals surface area (Å²) in [6, 6.07) is 1.87. The zero-order valence-electron chi connectivity index (χ0n) is 16.3. The average Bonchev–Trinajstić information content (AvgIpc) is 2.62. The van der Waals surface area contributed by atoms with Gasteiger partial charge in [0.05, 0.1) is 19.0 Å². The van der Waals surface area contributed by atoms with Crippen LogP contribution in [-0.2, 0) is 14.8 Å². The third-order valence-electron chi connectivity index (χ3n) is 5.99. The summed E-state index contributed by atoms with van der Waals surface area (Å²) in [4.78, 5) is 10.9. The Balaban J connectivity index is 1.52. The number of hydrogen-bond acceptors (Lipinski definition) is 7. The Hall–Kier alpha value is -1.16. The fourth-order valence-corrected chi connectivity index (χ4v) is 6.21. The Labute approximate surface area is 171 Å². The van der Waals surface area contributed by atoms with Crippen molar-refractivity contribution in [3.05, 3.63) is 11.2 Å². The maximum absolute atomic E-state index is 12.6. The van der Waals surface area contributed by atoms with Gasteiger partial charge in [0.1, 0.15) is 11.3 Å². The number of sulfonamides is 1. The van der Waals surface area contributed by atoms with Crippen LogP contribution < -0.4 is 9.64 Å². The van der Waals surface area contributed by atoms with Gasteiger partial charge in [0, 0.05) is 31.2 Å². The van der Waals surface area contributed by atoms with Gasteiger partial charge < -0.3 is 14.4 Å². The summed E-state index contributed by atoms with van der Waals surface area (Å²) in [6.07, 6.45) is 4.45. The van der Waals surface area contributed by atoms with Gasteiger partial charge in [-0.05, 0) is 32.6 Å². The third-order valence-corrected chi connectivity index (χ3v) is 8.15. The zero-order valence-corrected chi connectivity index (χ0v) is 17.8. The lowest BCUT2D eigenvalue weighted by Crippen LogP contribution is -2.58. The molecule has 0 saturated carbocycles. The van der Waals surface area contributed by atoms with Crippen molar-refractivity contribution in [2.24, 2.45) is 0 Å². The minimum atomic E-state index is -3.19. The maximum atomic E-state index is 12.6. The second kappa shape index (κ2) is 7.93.